The van der Waals surface area contributed by atoms with E-state index in [0.29, 0.717) is 18.1 Å². The largest absolute Gasteiger partial charge is 0.368 e. The smallest absolute Gasteiger partial charge is 0.270 e. The van der Waals surface area contributed by atoms with E-state index in [9.17, 15) is 4.79 Å². The summed E-state index contributed by atoms with van der Waals surface area (Å²) < 4.78 is 0. The van der Waals surface area contributed by atoms with Crippen LogP contribution in [-0.2, 0) is 6.54 Å². The molecule has 0 saturated heterocycles. The molecule has 0 radical (unpaired) electrons. The van der Waals surface area contributed by atoms with Crippen LogP contribution in [0.4, 0.5) is 5.82 Å². The normalized spacial score (nSPS) is 10.3. The molecule has 0 saturated carbocycles. The Balaban J connectivity index is 1.98. The number of pyridine rings is 1. The van der Waals surface area contributed by atoms with Gasteiger partial charge in [0.2, 0.25) is 0 Å². The van der Waals surface area contributed by atoms with Crippen molar-refractivity contribution in [2.24, 2.45) is 0 Å². The van der Waals surface area contributed by atoms with Gasteiger partial charge in [-0.05, 0) is 31.5 Å². The summed E-state index contributed by atoms with van der Waals surface area (Å²) in [5.41, 5.74) is 1.33. The van der Waals surface area contributed by atoms with Gasteiger partial charge in [0.15, 0.2) is 0 Å². The summed E-state index contributed by atoms with van der Waals surface area (Å²) in [5.74, 6) is 0.417. The SMILES string of the molecule is CC(C)Nc1cc(C(=O)NCc2ccncc2)ncn1. The fourth-order valence-corrected chi connectivity index (χ4v) is 1.63. The van der Waals surface area contributed by atoms with Crippen LogP contribution in [0.25, 0.3) is 0 Å². The molecule has 6 nitrogen and oxygen atoms in total. The maximum absolute atomic E-state index is 12.0. The van der Waals surface area contributed by atoms with Gasteiger partial charge < -0.3 is 10.6 Å². The van der Waals surface area contributed by atoms with Crippen LogP contribution in [0.5, 0.6) is 0 Å². The second-order valence-electron chi connectivity index (χ2n) is 4.63. The molecule has 0 unspecified atom stereocenters. The van der Waals surface area contributed by atoms with Gasteiger partial charge in [0.05, 0.1) is 0 Å². The third-order valence-electron chi connectivity index (χ3n) is 2.54. The lowest BCUT2D eigenvalue weighted by atomic mass is 10.2. The number of nitrogens with zero attached hydrogens (tertiary/aromatic N) is 3. The third kappa shape index (κ3) is 4.01. The highest BCUT2D eigenvalue weighted by Gasteiger charge is 2.08. The van der Waals surface area contributed by atoms with E-state index in [2.05, 4.69) is 25.6 Å². The van der Waals surface area contributed by atoms with Crippen LogP contribution in [0, 0.1) is 0 Å². The van der Waals surface area contributed by atoms with Gasteiger partial charge in [-0.15, -0.1) is 0 Å². The highest BCUT2D eigenvalue weighted by molar-refractivity contribution is 5.92. The van der Waals surface area contributed by atoms with Crippen molar-refractivity contribution in [2.75, 3.05) is 5.32 Å². The molecule has 2 rings (SSSR count). The lowest BCUT2D eigenvalue weighted by Gasteiger charge is -2.09. The predicted octanol–water partition coefficient (Wildman–Crippen LogP) is 1.62. The van der Waals surface area contributed by atoms with Crippen molar-refractivity contribution >= 4 is 11.7 Å². The summed E-state index contributed by atoms with van der Waals surface area (Å²) in [5, 5.41) is 5.95. The fourth-order valence-electron chi connectivity index (χ4n) is 1.63. The molecule has 1 amide bonds. The number of aromatic nitrogens is 3. The number of anilines is 1. The number of carbonyl (C=O) groups excluding carboxylic acids is 1. The molecule has 2 heterocycles. The van der Waals surface area contributed by atoms with Gasteiger partial charge in [0, 0.05) is 31.0 Å². The molecule has 0 atom stereocenters. The second-order valence-corrected chi connectivity index (χ2v) is 4.63. The number of rotatable bonds is 5. The van der Waals surface area contributed by atoms with E-state index in [0.717, 1.165) is 5.56 Å². The first-order valence-corrected chi connectivity index (χ1v) is 6.41. The zero-order valence-corrected chi connectivity index (χ0v) is 11.5. The lowest BCUT2D eigenvalue weighted by Crippen LogP contribution is -2.24. The molecule has 2 N–H and O–H groups in total. The maximum atomic E-state index is 12.0. The van der Waals surface area contributed by atoms with E-state index in [-0.39, 0.29) is 11.9 Å². The Kier molecular flexibility index (Phi) is 4.60. The Labute approximate surface area is 117 Å². The van der Waals surface area contributed by atoms with Crippen molar-refractivity contribution in [3.8, 4) is 0 Å². The first kappa shape index (κ1) is 13.9. The van der Waals surface area contributed by atoms with Gasteiger partial charge in [-0.3, -0.25) is 9.78 Å². The third-order valence-corrected chi connectivity index (χ3v) is 2.54. The van der Waals surface area contributed by atoms with E-state index < -0.39 is 0 Å². The minimum atomic E-state index is -0.226. The lowest BCUT2D eigenvalue weighted by molar-refractivity contribution is 0.0946. The van der Waals surface area contributed by atoms with E-state index in [1.54, 1.807) is 18.5 Å². The topological polar surface area (TPSA) is 79.8 Å². The van der Waals surface area contributed by atoms with Crippen LogP contribution in [0.1, 0.15) is 29.9 Å². The molecule has 6 heteroatoms. The van der Waals surface area contributed by atoms with Gasteiger partial charge in [-0.25, -0.2) is 9.97 Å². The Morgan fingerprint density at radius 2 is 2.00 bits per heavy atom. The molecule has 0 aliphatic carbocycles. The molecule has 0 aromatic carbocycles. The van der Waals surface area contributed by atoms with Gasteiger partial charge in [0.1, 0.15) is 17.8 Å². The van der Waals surface area contributed by atoms with Crippen LogP contribution in [0.3, 0.4) is 0 Å². The maximum Gasteiger partial charge on any atom is 0.270 e. The monoisotopic (exact) mass is 271 g/mol. The molecular formula is C14H17N5O. The van der Waals surface area contributed by atoms with Gasteiger partial charge >= 0.3 is 0 Å². The average Bonchev–Trinajstić information content (AvgIpc) is 2.45. The highest BCUT2D eigenvalue weighted by atomic mass is 16.1. The first-order valence-electron chi connectivity index (χ1n) is 6.41. The van der Waals surface area contributed by atoms with Gasteiger partial charge in [-0.1, -0.05) is 0 Å². The quantitative estimate of drug-likeness (QED) is 0.864. The molecule has 104 valence electrons. The summed E-state index contributed by atoms with van der Waals surface area (Å²) >= 11 is 0. The van der Waals surface area contributed by atoms with Gasteiger partial charge in [0.25, 0.3) is 5.91 Å². The Bertz CT molecular complexity index is 571. The predicted molar refractivity (Wildman–Crippen MR) is 76.2 cm³/mol. The van der Waals surface area contributed by atoms with Crippen LogP contribution in [-0.4, -0.2) is 26.9 Å². The molecule has 0 aliphatic heterocycles. The summed E-state index contributed by atoms with van der Waals surface area (Å²) in [6.07, 6.45) is 4.76. The second kappa shape index (κ2) is 6.60. The van der Waals surface area contributed by atoms with E-state index >= 15 is 0 Å². The molecule has 0 fully saturated rings. The van der Waals surface area contributed by atoms with Crippen LogP contribution < -0.4 is 10.6 Å². The number of hydrogen-bond donors (Lipinski definition) is 2. The average molecular weight is 271 g/mol. The van der Waals surface area contributed by atoms with Crippen molar-refractivity contribution in [2.45, 2.75) is 26.4 Å². The number of hydrogen-bond acceptors (Lipinski definition) is 5. The van der Waals surface area contributed by atoms with Crippen LogP contribution in [0.15, 0.2) is 36.9 Å². The molecule has 0 spiro atoms. The molecule has 0 bridgehead atoms. The number of carbonyl (C=O) groups is 1. The molecular weight excluding hydrogens is 254 g/mol. The summed E-state index contributed by atoms with van der Waals surface area (Å²) in [7, 11) is 0. The Hall–Kier alpha value is -2.50. The molecule has 20 heavy (non-hydrogen) atoms. The summed E-state index contributed by atoms with van der Waals surface area (Å²) in [4.78, 5) is 24.0. The van der Waals surface area contributed by atoms with Crippen molar-refractivity contribution in [3.05, 3.63) is 48.2 Å². The van der Waals surface area contributed by atoms with E-state index in [4.69, 9.17) is 0 Å². The van der Waals surface area contributed by atoms with E-state index in [1.807, 2.05) is 26.0 Å². The van der Waals surface area contributed by atoms with Crippen LogP contribution in [0.2, 0.25) is 0 Å². The minimum Gasteiger partial charge on any atom is -0.368 e. The molecule has 2 aromatic heterocycles. The zero-order valence-electron chi connectivity index (χ0n) is 11.5. The van der Waals surface area contributed by atoms with Crippen molar-refractivity contribution in [1.29, 1.82) is 0 Å². The molecule has 0 aliphatic rings. The standard InChI is InChI=1S/C14H17N5O/c1-10(2)19-13-7-12(17-9-18-13)14(20)16-8-11-3-5-15-6-4-11/h3-7,9-10H,8H2,1-2H3,(H,16,20)(H,17,18,19). The summed E-state index contributed by atoms with van der Waals surface area (Å²) in [6.45, 7) is 4.45. The minimum absolute atomic E-state index is 0.226. The summed E-state index contributed by atoms with van der Waals surface area (Å²) in [6, 6.07) is 5.59. The van der Waals surface area contributed by atoms with Gasteiger partial charge in [-0.2, -0.15) is 0 Å². The Morgan fingerprint density at radius 1 is 1.25 bits per heavy atom. The van der Waals surface area contributed by atoms with Crippen molar-refractivity contribution < 1.29 is 4.79 Å². The number of nitrogens with one attached hydrogen (secondary N) is 2. The number of amides is 1. The zero-order chi connectivity index (χ0) is 14.4. The highest BCUT2D eigenvalue weighted by Crippen LogP contribution is 2.06. The van der Waals surface area contributed by atoms with Crippen molar-refractivity contribution in [3.63, 3.8) is 0 Å². The molecule has 2 aromatic rings. The van der Waals surface area contributed by atoms with Crippen molar-refractivity contribution in [1.82, 2.24) is 20.3 Å². The first-order chi connectivity index (χ1) is 9.65. The Morgan fingerprint density at radius 3 is 2.70 bits per heavy atom. The fraction of sp³-hybridized carbons (Fsp3) is 0.286. The van der Waals surface area contributed by atoms with E-state index in [1.165, 1.54) is 6.33 Å². The van der Waals surface area contributed by atoms with Crippen LogP contribution >= 0.6 is 0 Å².